The predicted molar refractivity (Wildman–Crippen MR) is 89.8 cm³/mol. The van der Waals surface area contributed by atoms with Crippen molar-refractivity contribution in [3.8, 4) is 0 Å². The average molecular weight is 318 g/mol. The summed E-state index contributed by atoms with van der Waals surface area (Å²) in [5, 5.41) is 15.9. The van der Waals surface area contributed by atoms with Crippen LogP contribution in [-0.2, 0) is 16.1 Å². The average Bonchev–Trinajstić information content (AvgIpc) is 3.00. The van der Waals surface area contributed by atoms with Crippen molar-refractivity contribution < 1.29 is 14.7 Å². The van der Waals surface area contributed by atoms with E-state index in [1.54, 1.807) is 0 Å². The monoisotopic (exact) mass is 318 g/mol. The Bertz CT molecular complexity index is 565. The fraction of sp³-hybridized carbons (Fsp3) is 0.556. The molecule has 1 aromatic rings. The molecule has 2 amide bonds. The van der Waals surface area contributed by atoms with E-state index in [0.717, 1.165) is 30.5 Å². The molecular weight excluding hydrogens is 292 g/mol. The van der Waals surface area contributed by atoms with Crippen molar-refractivity contribution in [1.29, 1.82) is 0 Å². The van der Waals surface area contributed by atoms with Crippen LogP contribution in [0.15, 0.2) is 24.3 Å². The highest BCUT2D eigenvalue weighted by Gasteiger charge is 2.38. The summed E-state index contributed by atoms with van der Waals surface area (Å²) in [5.74, 6) is -0.340. The molecule has 0 bridgehead atoms. The topological polar surface area (TPSA) is 78.4 Å². The molecule has 0 heterocycles. The van der Waals surface area contributed by atoms with Gasteiger partial charge in [-0.15, -0.1) is 0 Å². The first kappa shape index (κ1) is 17.5. The summed E-state index contributed by atoms with van der Waals surface area (Å²) in [6, 6.07) is 7.41. The Morgan fingerprint density at radius 3 is 2.65 bits per heavy atom. The van der Waals surface area contributed by atoms with Gasteiger partial charge in [0.2, 0.25) is 5.91 Å². The van der Waals surface area contributed by atoms with Gasteiger partial charge in [-0.05, 0) is 49.8 Å². The second-order valence-corrected chi connectivity index (χ2v) is 6.42. The molecule has 0 spiro atoms. The van der Waals surface area contributed by atoms with Gasteiger partial charge in [0.05, 0.1) is 0 Å². The van der Waals surface area contributed by atoms with E-state index in [0.29, 0.717) is 19.4 Å². The van der Waals surface area contributed by atoms with Crippen LogP contribution in [0.5, 0.6) is 0 Å². The number of benzene rings is 1. The van der Waals surface area contributed by atoms with Crippen molar-refractivity contribution >= 4 is 17.5 Å². The van der Waals surface area contributed by atoms with Gasteiger partial charge in [-0.1, -0.05) is 26.0 Å². The van der Waals surface area contributed by atoms with Gasteiger partial charge < -0.3 is 15.7 Å². The van der Waals surface area contributed by atoms with Crippen LogP contribution in [0.2, 0.25) is 0 Å². The summed E-state index contributed by atoms with van der Waals surface area (Å²) in [4.78, 5) is 24.0. The maximum Gasteiger partial charge on any atom is 0.252 e. The number of anilines is 1. The fourth-order valence-electron chi connectivity index (χ4n) is 2.74. The van der Waals surface area contributed by atoms with Crippen molar-refractivity contribution in [2.24, 2.45) is 5.92 Å². The minimum atomic E-state index is -1.21. The third-order valence-electron chi connectivity index (χ3n) is 4.56. The molecule has 1 aromatic carbocycles. The molecule has 1 unspecified atom stereocenters. The highest BCUT2D eigenvalue weighted by molar-refractivity contribution is 5.92. The number of hydrogen-bond acceptors (Lipinski definition) is 3. The lowest BCUT2D eigenvalue weighted by Gasteiger charge is -2.21. The third-order valence-corrected chi connectivity index (χ3v) is 4.56. The Morgan fingerprint density at radius 1 is 1.30 bits per heavy atom. The molecule has 1 saturated carbocycles. The highest BCUT2D eigenvalue weighted by Crippen LogP contribution is 2.29. The molecular formula is C18H26N2O3. The molecule has 0 saturated heterocycles. The summed E-state index contributed by atoms with van der Waals surface area (Å²) in [7, 11) is 0. The van der Waals surface area contributed by atoms with Crippen LogP contribution >= 0.6 is 0 Å². The van der Waals surface area contributed by atoms with Gasteiger partial charge in [0.1, 0.15) is 5.60 Å². The highest BCUT2D eigenvalue weighted by atomic mass is 16.3. The molecule has 1 fully saturated rings. The quantitative estimate of drug-likeness (QED) is 0.754. The lowest BCUT2D eigenvalue weighted by molar-refractivity contribution is -0.139. The fourth-order valence-corrected chi connectivity index (χ4v) is 2.74. The van der Waals surface area contributed by atoms with Crippen LogP contribution in [-0.4, -0.2) is 22.5 Å². The van der Waals surface area contributed by atoms with Crippen LogP contribution in [0.25, 0.3) is 0 Å². The first-order valence-corrected chi connectivity index (χ1v) is 8.35. The predicted octanol–water partition coefficient (Wildman–Crippen LogP) is 2.59. The molecule has 0 aliphatic heterocycles. The molecule has 3 N–H and O–H groups in total. The second kappa shape index (κ2) is 7.59. The van der Waals surface area contributed by atoms with Gasteiger partial charge >= 0.3 is 0 Å². The normalized spacial score (nSPS) is 17.5. The first-order valence-electron chi connectivity index (χ1n) is 8.35. The standard InChI is InChI=1S/C18H26N2O3/c1-3-13(2)16(21)20-15-8-6-7-14(11-15)12-19-17(22)18(23)9-4-5-10-18/h6-8,11,13,23H,3-5,9-10,12H2,1-2H3,(H,19,22)(H,20,21). The van der Waals surface area contributed by atoms with Crippen molar-refractivity contribution in [3.63, 3.8) is 0 Å². The maximum atomic E-state index is 12.1. The number of aliphatic hydroxyl groups is 1. The zero-order valence-corrected chi connectivity index (χ0v) is 13.9. The molecule has 126 valence electrons. The Labute approximate surface area is 137 Å². The minimum absolute atomic E-state index is 0.00560. The molecule has 5 nitrogen and oxygen atoms in total. The van der Waals surface area contributed by atoms with Crippen molar-refractivity contribution in [2.45, 2.75) is 58.1 Å². The van der Waals surface area contributed by atoms with Gasteiger partial charge in [-0.2, -0.15) is 0 Å². The van der Waals surface area contributed by atoms with E-state index in [9.17, 15) is 14.7 Å². The lowest BCUT2D eigenvalue weighted by atomic mass is 10.0. The van der Waals surface area contributed by atoms with Gasteiger partial charge in [-0.3, -0.25) is 9.59 Å². The second-order valence-electron chi connectivity index (χ2n) is 6.42. The summed E-state index contributed by atoms with van der Waals surface area (Å²) in [6.45, 7) is 4.21. The SMILES string of the molecule is CCC(C)C(=O)Nc1cccc(CNC(=O)C2(O)CCCC2)c1. The van der Waals surface area contributed by atoms with Crippen molar-refractivity contribution in [3.05, 3.63) is 29.8 Å². The largest absolute Gasteiger partial charge is 0.380 e. The van der Waals surface area contributed by atoms with Gasteiger partial charge in [-0.25, -0.2) is 0 Å². The number of rotatable bonds is 6. The zero-order chi connectivity index (χ0) is 16.9. The van der Waals surface area contributed by atoms with Crippen LogP contribution < -0.4 is 10.6 Å². The molecule has 1 aliphatic carbocycles. The van der Waals surface area contributed by atoms with Crippen LogP contribution in [0.1, 0.15) is 51.5 Å². The van der Waals surface area contributed by atoms with Gasteiger partial charge in [0.25, 0.3) is 5.91 Å². The van der Waals surface area contributed by atoms with E-state index in [1.165, 1.54) is 0 Å². The van der Waals surface area contributed by atoms with Crippen LogP contribution in [0, 0.1) is 5.92 Å². The Kier molecular flexibility index (Phi) is 5.77. The molecule has 0 radical (unpaired) electrons. The Balaban J connectivity index is 1.92. The first-order chi connectivity index (χ1) is 10.9. The van der Waals surface area contributed by atoms with E-state index in [2.05, 4.69) is 10.6 Å². The van der Waals surface area contributed by atoms with Gasteiger partial charge in [0, 0.05) is 18.2 Å². The molecule has 5 heteroatoms. The number of amides is 2. The Morgan fingerprint density at radius 2 is 2.00 bits per heavy atom. The van der Waals surface area contributed by atoms with Crippen LogP contribution in [0.3, 0.4) is 0 Å². The molecule has 1 atom stereocenters. The number of carbonyl (C=O) groups is 2. The summed E-state index contributed by atoms with van der Waals surface area (Å²) < 4.78 is 0. The van der Waals surface area contributed by atoms with E-state index < -0.39 is 5.60 Å². The number of nitrogens with one attached hydrogen (secondary N) is 2. The summed E-state index contributed by atoms with van der Waals surface area (Å²) in [6.07, 6.45) is 3.63. The molecule has 23 heavy (non-hydrogen) atoms. The Hall–Kier alpha value is -1.88. The van der Waals surface area contributed by atoms with Crippen LogP contribution in [0.4, 0.5) is 5.69 Å². The van der Waals surface area contributed by atoms with E-state index in [-0.39, 0.29) is 17.7 Å². The zero-order valence-electron chi connectivity index (χ0n) is 13.9. The van der Waals surface area contributed by atoms with E-state index >= 15 is 0 Å². The molecule has 0 aromatic heterocycles. The number of hydrogen-bond donors (Lipinski definition) is 3. The number of carbonyl (C=O) groups excluding carboxylic acids is 2. The summed E-state index contributed by atoms with van der Waals surface area (Å²) in [5.41, 5.74) is 0.408. The molecule has 2 rings (SSSR count). The van der Waals surface area contributed by atoms with Crippen molar-refractivity contribution in [1.82, 2.24) is 5.32 Å². The third kappa shape index (κ3) is 4.55. The lowest BCUT2D eigenvalue weighted by Crippen LogP contribution is -2.44. The van der Waals surface area contributed by atoms with E-state index in [4.69, 9.17) is 0 Å². The smallest absolute Gasteiger partial charge is 0.252 e. The summed E-state index contributed by atoms with van der Waals surface area (Å²) >= 11 is 0. The van der Waals surface area contributed by atoms with Gasteiger partial charge in [0.15, 0.2) is 0 Å². The molecule has 1 aliphatic rings. The van der Waals surface area contributed by atoms with E-state index in [1.807, 2.05) is 38.1 Å². The van der Waals surface area contributed by atoms with Crippen molar-refractivity contribution in [2.75, 3.05) is 5.32 Å². The maximum absolute atomic E-state index is 12.1. The minimum Gasteiger partial charge on any atom is -0.380 e.